The molecule has 0 saturated carbocycles. The number of nitrogens with zero attached hydrogens (tertiary/aromatic N) is 1. The predicted octanol–water partition coefficient (Wildman–Crippen LogP) is 3.16. The summed E-state index contributed by atoms with van der Waals surface area (Å²) in [6, 6.07) is 18.5. The van der Waals surface area contributed by atoms with E-state index in [-0.39, 0.29) is 17.7 Å². The Bertz CT molecular complexity index is 669. The molecule has 0 aliphatic carbocycles. The van der Waals surface area contributed by atoms with Gasteiger partial charge in [0.05, 0.1) is 0 Å². The van der Waals surface area contributed by atoms with Crippen molar-refractivity contribution in [3.8, 4) is 0 Å². The van der Waals surface area contributed by atoms with Crippen LogP contribution in [0.2, 0.25) is 0 Å². The Hall–Kier alpha value is -2.62. The van der Waals surface area contributed by atoms with E-state index < -0.39 is 6.04 Å². The first-order chi connectivity index (χ1) is 11.5. The van der Waals surface area contributed by atoms with Crippen LogP contribution < -0.4 is 5.32 Å². The third-order valence-corrected chi connectivity index (χ3v) is 3.89. The van der Waals surface area contributed by atoms with Gasteiger partial charge in [-0.05, 0) is 11.1 Å². The lowest BCUT2D eigenvalue weighted by atomic mass is 10.0. The van der Waals surface area contributed by atoms with Crippen molar-refractivity contribution in [2.24, 2.45) is 5.92 Å². The van der Waals surface area contributed by atoms with Crippen LogP contribution in [-0.4, -0.2) is 23.8 Å². The Morgan fingerprint density at radius 2 is 1.50 bits per heavy atom. The van der Waals surface area contributed by atoms with Gasteiger partial charge in [-0.25, -0.2) is 0 Å². The summed E-state index contributed by atoms with van der Waals surface area (Å²) in [7, 11) is 1.60. The lowest BCUT2D eigenvalue weighted by Crippen LogP contribution is -2.44. The van der Waals surface area contributed by atoms with E-state index >= 15 is 0 Å². The van der Waals surface area contributed by atoms with Gasteiger partial charge >= 0.3 is 0 Å². The Morgan fingerprint density at radius 1 is 0.958 bits per heavy atom. The van der Waals surface area contributed by atoms with E-state index in [0.29, 0.717) is 6.54 Å². The molecule has 2 amide bonds. The largest absolute Gasteiger partial charge is 0.357 e. The molecule has 1 N–H and O–H groups in total. The van der Waals surface area contributed by atoms with Crippen LogP contribution in [0.4, 0.5) is 0 Å². The number of rotatable bonds is 6. The molecular weight excluding hydrogens is 300 g/mol. The summed E-state index contributed by atoms with van der Waals surface area (Å²) in [5, 5.41) is 2.69. The summed E-state index contributed by atoms with van der Waals surface area (Å²) in [6.07, 6.45) is 0. The molecule has 2 aromatic carbocycles. The monoisotopic (exact) mass is 324 g/mol. The first-order valence-corrected chi connectivity index (χ1v) is 8.15. The quantitative estimate of drug-likeness (QED) is 0.887. The molecule has 0 aromatic heterocycles. The number of hydrogen-bond donors (Lipinski definition) is 1. The molecule has 0 unspecified atom stereocenters. The summed E-state index contributed by atoms with van der Waals surface area (Å²) >= 11 is 0. The number of likely N-dealkylation sites (N-methyl/N-ethyl adjacent to an activating group) is 1. The SMILES string of the molecule is CNC(=O)[C@@H](c1ccccc1)N(Cc1ccccc1)C(=O)C(C)C. The average molecular weight is 324 g/mol. The third kappa shape index (κ3) is 4.22. The molecule has 4 heteroatoms. The number of benzene rings is 2. The van der Waals surface area contributed by atoms with Crippen LogP contribution in [-0.2, 0) is 16.1 Å². The van der Waals surface area contributed by atoms with Gasteiger partial charge in [-0.1, -0.05) is 74.5 Å². The van der Waals surface area contributed by atoms with Crippen LogP contribution in [0.15, 0.2) is 60.7 Å². The summed E-state index contributed by atoms with van der Waals surface area (Å²) < 4.78 is 0. The molecular formula is C20H24N2O2. The zero-order valence-corrected chi connectivity index (χ0v) is 14.4. The maximum absolute atomic E-state index is 12.8. The molecule has 2 aromatic rings. The molecule has 0 heterocycles. The van der Waals surface area contributed by atoms with E-state index in [4.69, 9.17) is 0 Å². The van der Waals surface area contributed by atoms with E-state index in [1.807, 2.05) is 74.5 Å². The fourth-order valence-corrected chi connectivity index (χ4v) is 2.65. The van der Waals surface area contributed by atoms with Crippen molar-refractivity contribution in [2.75, 3.05) is 7.05 Å². The molecule has 0 saturated heterocycles. The van der Waals surface area contributed by atoms with Crippen LogP contribution in [0.3, 0.4) is 0 Å². The second kappa shape index (κ2) is 8.29. The Labute approximate surface area is 143 Å². The average Bonchev–Trinajstić information content (AvgIpc) is 2.62. The Balaban J connectivity index is 2.44. The van der Waals surface area contributed by atoms with E-state index in [1.165, 1.54) is 0 Å². The summed E-state index contributed by atoms with van der Waals surface area (Å²) in [6.45, 7) is 4.10. The number of carbonyl (C=O) groups excluding carboxylic acids is 2. The van der Waals surface area contributed by atoms with Gasteiger partial charge in [-0.2, -0.15) is 0 Å². The highest BCUT2D eigenvalue weighted by Crippen LogP contribution is 2.25. The fourth-order valence-electron chi connectivity index (χ4n) is 2.65. The lowest BCUT2D eigenvalue weighted by molar-refractivity contribution is -0.143. The second-order valence-electron chi connectivity index (χ2n) is 6.03. The van der Waals surface area contributed by atoms with Crippen molar-refractivity contribution in [1.29, 1.82) is 0 Å². The molecule has 0 fully saturated rings. The normalized spacial score (nSPS) is 11.8. The minimum absolute atomic E-state index is 0.0451. The highest BCUT2D eigenvalue weighted by molar-refractivity contribution is 5.89. The van der Waals surface area contributed by atoms with Gasteiger partial charge in [0.15, 0.2) is 0 Å². The summed E-state index contributed by atoms with van der Waals surface area (Å²) in [5.74, 6) is -0.424. The zero-order chi connectivity index (χ0) is 17.5. The Morgan fingerprint density at radius 3 is 2.00 bits per heavy atom. The van der Waals surface area contributed by atoms with Crippen LogP contribution in [0, 0.1) is 5.92 Å². The van der Waals surface area contributed by atoms with Crippen LogP contribution in [0.25, 0.3) is 0 Å². The van der Waals surface area contributed by atoms with Gasteiger partial charge in [-0.3, -0.25) is 9.59 Å². The van der Waals surface area contributed by atoms with E-state index in [1.54, 1.807) is 11.9 Å². The van der Waals surface area contributed by atoms with E-state index in [2.05, 4.69) is 5.32 Å². The van der Waals surface area contributed by atoms with Gasteiger partial charge in [0.2, 0.25) is 11.8 Å². The standard InChI is InChI=1S/C20H24N2O2/c1-15(2)20(24)22(14-16-10-6-4-7-11-16)18(19(23)21-3)17-12-8-5-9-13-17/h4-13,15,18H,14H2,1-3H3,(H,21,23)/t18-/m1/s1. The van der Waals surface area contributed by atoms with Crippen molar-refractivity contribution in [1.82, 2.24) is 10.2 Å². The van der Waals surface area contributed by atoms with Crippen molar-refractivity contribution < 1.29 is 9.59 Å². The molecule has 1 atom stereocenters. The lowest BCUT2D eigenvalue weighted by Gasteiger charge is -2.32. The van der Waals surface area contributed by atoms with Crippen molar-refractivity contribution >= 4 is 11.8 Å². The summed E-state index contributed by atoms with van der Waals surface area (Å²) in [4.78, 5) is 27.1. The Kier molecular flexibility index (Phi) is 6.13. The van der Waals surface area contributed by atoms with Gasteiger partial charge in [0, 0.05) is 19.5 Å². The number of amides is 2. The van der Waals surface area contributed by atoms with Crippen molar-refractivity contribution in [3.05, 3.63) is 71.8 Å². The van der Waals surface area contributed by atoms with E-state index in [0.717, 1.165) is 11.1 Å². The van der Waals surface area contributed by atoms with Crippen molar-refractivity contribution in [2.45, 2.75) is 26.4 Å². The number of hydrogen-bond acceptors (Lipinski definition) is 2. The molecule has 0 bridgehead atoms. The topological polar surface area (TPSA) is 49.4 Å². The number of nitrogens with one attached hydrogen (secondary N) is 1. The smallest absolute Gasteiger partial charge is 0.247 e. The van der Waals surface area contributed by atoms with Crippen LogP contribution in [0.5, 0.6) is 0 Å². The third-order valence-electron chi connectivity index (χ3n) is 3.89. The van der Waals surface area contributed by atoms with Crippen LogP contribution >= 0.6 is 0 Å². The molecule has 0 spiro atoms. The molecule has 24 heavy (non-hydrogen) atoms. The van der Waals surface area contributed by atoms with Crippen LogP contribution in [0.1, 0.15) is 31.0 Å². The first-order valence-electron chi connectivity index (χ1n) is 8.15. The molecule has 0 aliphatic rings. The predicted molar refractivity (Wildman–Crippen MR) is 95.1 cm³/mol. The minimum Gasteiger partial charge on any atom is -0.357 e. The minimum atomic E-state index is -0.647. The molecule has 126 valence electrons. The molecule has 2 rings (SSSR count). The van der Waals surface area contributed by atoms with E-state index in [9.17, 15) is 9.59 Å². The van der Waals surface area contributed by atoms with Gasteiger partial charge in [0.1, 0.15) is 6.04 Å². The summed E-state index contributed by atoms with van der Waals surface area (Å²) in [5.41, 5.74) is 1.80. The second-order valence-corrected chi connectivity index (χ2v) is 6.03. The van der Waals surface area contributed by atoms with Gasteiger partial charge in [-0.15, -0.1) is 0 Å². The molecule has 0 radical (unpaired) electrons. The maximum Gasteiger partial charge on any atom is 0.247 e. The molecule has 0 aliphatic heterocycles. The first kappa shape index (κ1) is 17.7. The van der Waals surface area contributed by atoms with Gasteiger partial charge < -0.3 is 10.2 Å². The van der Waals surface area contributed by atoms with Gasteiger partial charge in [0.25, 0.3) is 0 Å². The van der Waals surface area contributed by atoms with Crippen molar-refractivity contribution in [3.63, 3.8) is 0 Å². The highest BCUT2D eigenvalue weighted by Gasteiger charge is 2.31. The maximum atomic E-state index is 12.8. The number of carbonyl (C=O) groups is 2. The highest BCUT2D eigenvalue weighted by atomic mass is 16.2. The fraction of sp³-hybridized carbons (Fsp3) is 0.300. The molecule has 4 nitrogen and oxygen atoms in total. The zero-order valence-electron chi connectivity index (χ0n) is 14.4.